The number of carbonyl (C=O) groups excluding carboxylic acids is 1. The summed E-state index contributed by atoms with van der Waals surface area (Å²) in [5.41, 5.74) is 1.95. The van der Waals surface area contributed by atoms with Crippen LogP contribution in [-0.2, 0) is 11.2 Å². The van der Waals surface area contributed by atoms with E-state index in [4.69, 9.17) is 4.74 Å². The van der Waals surface area contributed by atoms with Crippen molar-refractivity contribution in [2.24, 2.45) is 0 Å². The van der Waals surface area contributed by atoms with Gasteiger partial charge < -0.3 is 15.0 Å². The maximum atomic E-state index is 13.0. The van der Waals surface area contributed by atoms with Crippen LogP contribution < -0.4 is 10.1 Å². The molecule has 1 aliphatic rings. The van der Waals surface area contributed by atoms with E-state index >= 15 is 0 Å². The fourth-order valence-corrected chi connectivity index (χ4v) is 3.41. The number of carbonyl (C=O) groups is 1. The van der Waals surface area contributed by atoms with Crippen molar-refractivity contribution in [3.05, 3.63) is 59.9 Å². The van der Waals surface area contributed by atoms with Crippen molar-refractivity contribution in [3.63, 3.8) is 0 Å². The monoisotopic (exact) mass is 356 g/mol. The Hall–Kier alpha value is -2.56. The van der Waals surface area contributed by atoms with Gasteiger partial charge in [0.25, 0.3) is 0 Å². The number of aryl methyl sites for hydroxylation is 1. The maximum Gasteiger partial charge on any atom is 0.222 e. The van der Waals surface area contributed by atoms with Crippen LogP contribution in [0.5, 0.6) is 5.75 Å². The molecule has 2 aromatic rings. The number of halogens is 1. The predicted molar refractivity (Wildman–Crippen MR) is 101 cm³/mol. The number of nitrogens with one attached hydrogen (secondary N) is 1. The summed E-state index contributed by atoms with van der Waals surface area (Å²) in [6.07, 6.45) is 3.13. The number of hydrogen-bond acceptors (Lipinski definition) is 3. The third kappa shape index (κ3) is 4.75. The normalized spacial score (nSPS) is 17.0. The molecule has 2 aromatic carbocycles. The Bertz CT molecular complexity index is 733. The minimum Gasteiger partial charge on any atom is -0.496 e. The average molecular weight is 356 g/mol. The molecule has 0 bridgehead atoms. The molecule has 0 spiro atoms. The van der Waals surface area contributed by atoms with Gasteiger partial charge in [0, 0.05) is 31.2 Å². The summed E-state index contributed by atoms with van der Waals surface area (Å²) in [4.78, 5) is 14.6. The molecule has 0 aliphatic carbocycles. The molecule has 4 nitrogen and oxygen atoms in total. The standard InChI is InChI=1S/C21H25FN2O2/c1-26-20-7-3-2-5-16(20)8-13-21(25)24-14-4-6-19(15-24)23-18-11-9-17(22)10-12-18/h2-3,5,7,9-12,19,23H,4,6,8,13-15H2,1H3/t19-/m1/s1. The lowest BCUT2D eigenvalue weighted by molar-refractivity contribution is -0.132. The summed E-state index contributed by atoms with van der Waals surface area (Å²) >= 11 is 0. The van der Waals surface area contributed by atoms with Crippen molar-refractivity contribution in [1.82, 2.24) is 4.90 Å². The Morgan fingerprint density at radius 2 is 2.00 bits per heavy atom. The van der Waals surface area contributed by atoms with Crippen LogP contribution in [0.2, 0.25) is 0 Å². The lowest BCUT2D eigenvalue weighted by atomic mass is 10.0. The Morgan fingerprint density at radius 3 is 2.77 bits per heavy atom. The summed E-state index contributed by atoms with van der Waals surface area (Å²) in [6, 6.07) is 14.4. The number of rotatable bonds is 6. The van der Waals surface area contributed by atoms with Crippen molar-refractivity contribution in [1.29, 1.82) is 0 Å². The van der Waals surface area contributed by atoms with Gasteiger partial charge in [-0.1, -0.05) is 18.2 Å². The predicted octanol–water partition coefficient (Wildman–Crippen LogP) is 3.87. The second-order valence-electron chi connectivity index (χ2n) is 6.64. The van der Waals surface area contributed by atoms with E-state index < -0.39 is 0 Å². The molecule has 1 atom stereocenters. The Morgan fingerprint density at radius 1 is 1.23 bits per heavy atom. The van der Waals surface area contributed by atoms with Gasteiger partial charge in [0.05, 0.1) is 7.11 Å². The molecule has 26 heavy (non-hydrogen) atoms. The Labute approximate surface area is 154 Å². The zero-order valence-corrected chi connectivity index (χ0v) is 15.1. The van der Waals surface area contributed by atoms with Crippen LogP contribution in [0.3, 0.4) is 0 Å². The minimum atomic E-state index is -0.243. The number of nitrogens with zero attached hydrogens (tertiary/aromatic N) is 1. The van der Waals surface area contributed by atoms with Crippen LogP contribution >= 0.6 is 0 Å². The molecule has 0 aromatic heterocycles. The third-order valence-electron chi connectivity index (χ3n) is 4.79. The molecule has 0 saturated carbocycles. The molecule has 138 valence electrons. The van der Waals surface area contributed by atoms with E-state index in [1.54, 1.807) is 19.2 Å². The molecule has 0 radical (unpaired) electrons. The summed E-state index contributed by atoms with van der Waals surface area (Å²) in [5, 5.41) is 3.40. The first-order chi connectivity index (χ1) is 12.7. The van der Waals surface area contributed by atoms with E-state index in [1.807, 2.05) is 29.2 Å². The molecule has 1 aliphatic heterocycles. The number of ether oxygens (including phenoxy) is 1. The zero-order chi connectivity index (χ0) is 18.4. The van der Waals surface area contributed by atoms with E-state index in [2.05, 4.69) is 5.32 Å². The maximum absolute atomic E-state index is 13.0. The Balaban J connectivity index is 1.53. The quantitative estimate of drug-likeness (QED) is 0.854. The number of likely N-dealkylation sites (tertiary alicyclic amines) is 1. The second-order valence-corrected chi connectivity index (χ2v) is 6.64. The van der Waals surface area contributed by atoms with Crippen molar-refractivity contribution in [2.45, 2.75) is 31.7 Å². The topological polar surface area (TPSA) is 41.6 Å². The van der Waals surface area contributed by atoms with Crippen molar-refractivity contribution in [3.8, 4) is 5.75 Å². The lowest BCUT2D eigenvalue weighted by Gasteiger charge is -2.34. The number of anilines is 1. The van der Waals surface area contributed by atoms with Crippen LogP contribution in [0.25, 0.3) is 0 Å². The zero-order valence-electron chi connectivity index (χ0n) is 15.1. The van der Waals surface area contributed by atoms with Crippen LogP contribution in [0.4, 0.5) is 10.1 Å². The smallest absolute Gasteiger partial charge is 0.222 e. The van der Waals surface area contributed by atoms with Gasteiger partial charge >= 0.3 is 0 Å². The minimum absolute atomic E-state index is 0.168. The van der Waals surface area contributed by atoms with Gasteiger partial charge in [-0.05, 0) is 55.2 Å². The largest absolute Gasteiger partial charge is 0.496 e. The lowest BCUT2D eigenvalue weighted by Crippen LogP contribution is -2.45. The molecule has 0 unspecified atom stereocenters. The summed E-state index contributed by atoms with van der Waals surface area (Å²) in [7, 11) is 1.65. The van der Waals surface area contributed by atoms with Crippen LogP contribution in [0.1, 0.15) is 24.8 Å². The molecule has 1 fully saturated rings. The highest BCUT2D eigenvalue weighted by Crippen LogP contribution is 2.21. The molecule has 3 rings (SSSR count). The SMILES string of the molecule is COc1ccccc1CCC(=O)N1CCC[C@@H](Nc2ccc(F)cc2)C1. The van der Waals surface area contributed by atoms with Gasteiger partial charge in [0.1, 0.15) is 11.6 Å². The summed E-state index contributed by atoms with van der Waals surface area (Å²) in [6.45, 7) is 1.48. The van der Waals surface area contributed by atoms with E-state index in [9.17, 15) is 9.18 Å². The number of para-hydroxylation sites is 1. The average Bonchev–Trinajstić information content (AvgIpc) is 2.68. The van der Waals surface area contributed by atoms with E-state index in [1.165, 1.54) is 12.1 Å². The molecular weight excluding hydrogens is 331 g/mol. The number of hydrogen-bond donors (Lipinski definition) is 1. The second kappa shape index (κ2) is 8.70. The molecule has 1 N–H and O–H groups in total. The van der Waals surface area contributed by atoms with Crippen molar-refractivity contribution >= 4 is 11.6 Å². The Kier molecular flexibility index (Phi) is 6.10. The van der Waals surface area contributed by atoms with Crippen LogP contribution in [0.15, 0.2) is 48.5 Å². The van der Waals surface area contributed by atoms with Crippen molar-refractivity contribution < 1.29 is 13.9 Å². The molecule has 1 heterocycles. The number of amides is 1. The van der Waals surface area contributed by atoms with Gasteiger partial charge in [-0.3, -0.25) is 4.79 Å². The van der Waals surface area contributed by atoms with Gasteiger partial charge in [0.2, 0.25) is 5.91 Å². The number of methoxy groups -OCH3 is 1. The van der Waals surface area contributed by atoms with Gasteiger partial charge in [0.15, 0.2) is 0 Å². The molecule has 5 heteroatoms. The number of benzene rings is 2. The van der Waals surface area contributed by atoms with E-state index in [0.717, 1.165) is 36.4 Å². The number of piperidine rings is 1. The van der Waals surface area contributed by atoms with Gasteiger partial charge in [-0.2, -0.15) is 0 Å². The van der Waals surface area contributed by atoms with Crippen LogP contribution in [-0.4, -0.2) is 37.0 Å². The summed E-state index contributed by atoms with van der Waals surface area (Å²) < 4.78 is 18.4. The van der Waals surface area contributed by atoms with Crippen LogP contribution in [0, 0.1) is 5.82 Å². The highest BCUT2D eigenvalue weighted by Gasteiger charge is 2.23. The third-order valence-corrected chi connectivity index (χ3v) is 4.79. The molecular formula is C21H25FN2O2. The van der Waals surface area contributed by atoms with Gasteiger partial charge in [-0.15, -0.1) is 0 Å². The summed E-state index contributed by atoms with van der Waals surface area (Å²) in [5.74, 6) is 0.753. The molecule has 1 amide bonds. The van der Waals surface area contributed by atoms with E-state index in [-0.39, 0.29) is 17.8 Å². The molecule has 1 saturated heterocycles. The first-order valence-corrected chi connectivity index (χ1v) is 9.07. The first kappa shape index (κ1) is 18.2. The highest BCUT2D eigenvalue weighted by atomic mass is 19.1. The van der Waals surface area contributed by atoms with E-state index in [0.29, 0.717) is 19.4 Å². The van der Waals surface area contributed by atoms with Crippen molar-refractivity contribution in [2.75, 3.05) is 25.5 Å². The fraction of sp³-hybridized carbons (Fsp3) is 0.381. The fourth-order valence-electron chi connectivity index (χ4n) is 3.41. The highest BCUT2D eigenvalue weighted by molar-refractivity contribution is 5.76. The first-order valence-electron chi connectivity index (χ1n) is 9.07. The van der Waals surface area contributed by atoms with Gasteiger partial charge in [-0.25, -0.2) is 4.39 Å².